The number of alkyl halides is 2. The van der Waals surface area contributed by atoms with Gasteiger partial charge in [-0.25, -0.2) is 0 Å². The first-order valence-electron chi connectivity index (χ1n) is 7.51. The van der Waals surface area contributed by atoms with E-state index in [2.05, 4.69) is 20.0 Å². The molecular formula is C15H13F2N5O5. The summed E-state index contributed by atoms with van der Waals surface area (Å²) in [5.41, 5.74) is 0.652. The molecule has 0 saturated carbocycles. The Morgan fingerprint density at radius 2 is 2.11 bits per heavy atom. The third-order valence-corrected chi connectivity index (χ3v) is 3.65. The zero-order valence-corrected chi connectivity index (χ0v) is 14.1. The van der Waals surface area contributed by atoms with E-state index >= 15 is 0 Å². The van der Waals surface area contributed by atoms with Gasteiger partial charge in [-0.2, -0.15) is 13.9 Å². The summed E-state index contributed by atoms with van der Waals surface area (Å²) in [7, 11) is 1.31. The first kappa shape index (κ1) is 18.2. The number of benzene rings is 1. The van der Waals surface area contributed by atoms with Crippen LogP contribution in [0.5, 0.6) is 11.5 Å². The number of aromatic nitrogens is 4. The second kappa shape index (κ2) is 7.35. The van der Waals surface area contributed by atoms with Gasteiger partial charge in [0, 0.05) is 5.56 Å². The van der Waals surface area contributed by atoms with Gasteiger partial charge >= 0.3 is 12.3 Å². The third kappa shape index (κ3) is 3.83. The van der Waals surface area contributed by atoms with E-state index in [1.807, 2.05) is 0 Å². The lowest BCUT2D eigenvalue weighted by Gasteiger charge is -2.10. The van der Waals surface area contributed by atoms with E-state index in [9.17, 15) is 18.9 Å². The monoisotopic (exact) mass is 381 g/mol. The summed E-state index contributed by atoms with van der Waals surface area (Å²) in [4.78, 5) is 10.3. The van der Waals surface area contributed by atoms with Crippen molar-refractivity contribution in [3.63, 3.8) is 0 Å². The molecule has 0 unspecified atom stereocenters. The topological polar surface area (TPSA) is 118 Å². The molecule has 0 bridgehead atoms. The fraction of sp³-hybridized carbons (Fsp3) is 0.267. The molecule has 3 rings (SSSR count). The highest BCUT2D eigenvalue weighted by molar-refractivity contribution is 5.59. The average molecular weight is 381 g/mol. The lowest BCUT2D eigenvalue weighted by Crippen LogP contribution is -2.04. The minimum absolute atomic E-state index is 0.0381. The van der Waals surface area contributed by atoms with Gasteiger partial charge in [0.2, 0.25) is 11.8 Å². The third-order valence-electron chi connectivity index (χ3n) is 3.65. The van der Waals surface area contributed by atoms with Crippen LogP contribution in [0.15, 0.2) is 28.8 Å². The molecule has 142 valence electrons. The van der Waals surface area contributed by atoms with Crippen LogP contribution in [0, 0.1) is 17.0 Å². The van der Waals surface area contributed by atoms with Crippen molar-refractivity contribution in [2.75, 3.05) is 7.11 Å². The van der Waals surface area contributed by atoms with Gasteiger partial charge in [-0.1, -0.05) is 0 Å². The lowest BCUT2D eigenvalue weighted by molar-refractivity contribution is -0.385. The number of hydrogen-bond donors (Lipinski definition) is 0. The number of nitro groups is 1. The number of halogens is 2. The van der Waals surface area contributed by atoms with Crippen molar-refractivity contribution >= 4 is 5.69 Å². The minimum atomic E-state index is -2.99. The Hall–Kier alpha value is -3.57. The first-order chi connectivity index (χ1) is 12.9. The van der Waals surface area contributed by atoms with Gasteiger partial charge in [-0.3, -0.25) is 14.8 Å². The molecule has 0 N–H and O–H groups in total. The van der Waals surface area contributed by atoms with E-state index in [-0.39, 0.29) is 35.5 Å². The summed E-state index contributed by atoms with van der Waals surface area (Å²) in [6, 6.07) is 4.17. The highest BCUT2D eigenvalue weighted by Crippen LogP contribution is 2.33. The fourth-order valence-electron chi connectivity index (χ4n) is 2.33. The highest BCUT2D eigenvalue weighted by Gasteiger charge is 2.19. The molecule has 27 heavy (non-hydrogen) atoms. The van der Waals surface area contributed by atoms with Gasteiger partial charge in [0.05, 0.1) is 12.0 Å². The molecule has 0 aliphatic rings. The Labute approximate surface area is 150 Å². The van der Waals surface area contributed by atoms with E-state index in [4.69, 9.17) is 9.15 Å². The van der Waals surface area contributed by atoms with Crippen LogP contribution in [0.1, 0.15) is 11.6 Å². The normalized spacial score (nSPS) is 11.0. The smallest absolute Gasteiger partial charge is 0.387 e. The Bertz CT molecular complexity index is 971. The van der Waals surface area contributed by atoms with Gasteiger partial charge < -0.3 is 13.9 Å². The van der Waals surface area contributed by atoms with Crippen LogP contribution in [0.3, 0.4) is 0 Å². The number of nitrogens with zero attached hydrogens (tertiary/aromatic N) is 5. The number of ether oxygens (including phenoxy) is 2. The van der Waals surface area contributed by atoms with Crippen molar-refractivity contribution in [1.29, 1.82) is 0 Å². The maximum Gasteiger partial charge on any atom is 0.387 e. The van der Waals surface area contributed by atoms with Crippen molar-refractivity contribution in [3.8, 4) is 23.0 Å². The zero-order chi connectivity index (χ0) is 19.6. The minimum Gasteiger partial charge on any atom is -0.493 e. The molecule has 10 nitrogen and oxygen atoms in total. The van der Waals surface area contributed by atoms with E-state index in [0.717, 1.165) is 6.20 Å². The molecule has 1 aromatic carbocycles. The number of rotatable bonds is 7. The van der Waals surface area contributed by atoms with Crippen LogP contribution in [-0.4, -0.2) is 38.6 Å². The first-order valence-corrected chi connectivity index (χ1v) is 7.51. The quantitative estimate of drug-likeness (QED) is 0.453. The summed E-state index contributed by atoms with van der Waals surface area (Å²) in [5, 5.41) is 22.5. The number of hydrogen-bond acceptors (Lipinski definition) is 8. The van der Waals surface area contributed by atoms with E-state index < -0.39 is 11.5 Å². The maximum absolute atomic E-state index is 12.4. The molecule has 0 atom stereocenters. The summed E-state index contributed by atoms with van der Waals surface area (Å²) in [6.45, 7) is -1.40. The molecule has 0 spiro atoms. The Morgan fingerprint density at radius 1 is 1.33 bits per heavy atom. The van der Waals surface area contributed by atoms with Crippen molar-refractivity contribution < 1.29 is 27.6 Å². The largest absolute Gasteiger partial charge is 0.493 e. The van der Waals surface area contributed by atoms with Crippen molar-refractivity contribution in [1.82, 2.24) is 20.0 Å². The highest BCUT2D eigenvalue weighted by atomic mass is 19.3. The van der Waals surface area contributed by atoms with Crippen molar-refractivity contribution in [2.45, 2.75) is 20.1 Å². The predicted octanol–water partition coefficient (Wildman–Crippen LogP) is 2.81. The van der Waals surface area contributed by atoms with Crippen molar-refractivity contribution in [2.24, 2.45) is 0 Å². The van der Waals surface area contributed by atoms with Crippen molar-refractivity contribution in [3.05, 3.63) is 46.1 Å². The van der Waals surface area contributed by atoms with Crippen LogP contribution in [0.25, 0.3) is 11.5 Å². The summed E-state index contributed by atoms with van der Waals surface area (Å²) >= 11 is 0. The van der Waals surface area contributed by atoms with E-state index in [0.29, 0.717) is 11.3 Å². The van der Waals surface area contributed by atoms with E-state index in [1.54, 1.807) is 6.92 Å². The molecule has 2 aromatic heterocycles. The van der Waals surface area contributed by atoms with Crippen LogP contribution >= 0.6 is 0 Å². The summed E-state index contributed by atoms with van der Waals surface area (Å²) in [6.07, 6.45) is 1.14. The molecule has 0 saturated heterocycles. The Balaban J connectivity index is 1.82. The molecule has 12 heteroatoms. The Kier molecular flexibility index (Phi) is 4.96. The molecule has 0 aliphatic carbocycles. The molecule has 0 amide bonds. The summed E-state index contributed by atoms with van der Waals surface area (Å²) in [5.74, 6) is 0.228. The average Bonchev–Trinajstić information content (AvgIpc) is 3.22. The maximum atomic E-state index is 12.4. The number of methoxy groups -OCH3 is 1. The van der Waals surface area contributed by atoms with Gasteiger partial charge in [0.15, 0.2) is 11.5 Å². The predicted molar refractivity (Wildman–Crippen MR) is 85.6 cm³/mol. The van der Waals surface area contributed by atoms with Crippen LogP contribution < -0.4 is 9.47 Å². The lowest BCUT2D eigenvalue weighted by atomic mass is 10.2. The molecular weight excluding hydrogens is 368 g/mol. The van der Waals surface area contributed by atoms with Gasteiger partial charge in [0.25, 0.3) is 0 Å². The standard InChI is InChI=1S/C15H13F2N5O5/c1-8-10(22(23)24)6-18-21(8)7-13-19-20-14(27-13)9-3-4-11(26-15(16)17)12(5-9)25-2/h3-6,15H,7H2,1-2H3. The SMILES string of the molecule is COc1cc(-c2nnc(Cn3ncc([N+](=O)[O-])c3C)o2)ccc1OC(F)F. The molecule has 0 aliphatic heterocycles. The second-order valence-corrected chi connectivity index (χ2v) is 5.28. The molecule has 0 radical (unpaired) electrons. The van der Waals surface area contributed by atoms with Crippen LogP contribution in [0.2, 0.25) is 0 Å². The summed E-state index contributed by atoms with van der Waals surface area (Å²) < 4.78 is 41.0. The molecule has 2 heterocycles. The Morgan fingerprint density at radius 3 is 2.74 bits per heavy atom. The molecule has 3 aromatic rings. The van der Waals surface area contributed by atoms with E-state index in [1.165, 1.54) is 30.0 Å². The van der Waals surface area contributed by atoms with Crippen LogP contribution in [0.4, 0.5) is 14.5 Å². The van der Waals surface area contributed by atoms with Gasteiger partial charge in [-0.15, -0.1) is 10.2 Å². The molecule has 0 fully saturated rings. The van der Waals surface area contributed by atoms with Gasteiger partial charge in [0.1, 0.15) is 18.4 Å². The fourth-order valence-corrected chi connectivity index (χ4v) is 2.33. The zero-order valence-electron chi connectivity index (χ0n) is 14.1. The van der Waals surface area contributed by atoms with Crippen LogP contribution in [-0.2, 0) is 6.54 Å². The van der Waals surface area contributed by atoms with Gasteiger partial charge in [-0.05, 0) is 25.1 Å². The second-order valence-electron chi connectivity index (χ2n) is 5.28.